The van der Waals surface area contributed by atoms with Gasteiger partial charge in [-0.05, 0) is 152 Å². The number of pyridine rings is 3. The molecule has 3 saturated heterocycles. The molecule has 9 aromatic heterocycles. The smallest absolute Gasteiger partial charge is 0.274 e. The maximum absolute atomic E-state index is 15.2. The monoisotopic (exact) mass is 1310 g/mol. The fourth-order valence-corrected chi connectivity index (χ4v) is 15.9. The van der Waals surface area contributed by atoms with Crippen LogP contribution in [0.25, 0.3) is 22.5 Å². The van der Waals surface area contributed by atoms with E-state index in [-0.39, 0.29) is 35.8 Å². The molecule has 0 unspecified atom stereocenters. The maximum atomic E-state index is 15.2. The van der Waals surface area contributed by atoms with Gasteiger partial charge in [-0.25, -0.2) is 15.0 Å². The van der Waals surface area contributed by atoms with E-state index in [4.69, 9.17) is 24.9 Å². The first-order chi connectivity index (χ1) is 46.7. The highest BCUT2D eigenvalue weighted by atomic mass is 32.1. The standard InChI is InChI=1S/C74H69N15O3S3/c90-69(81-73-80-62(49-95-73)65-22-13-36-89(65)56-18-8-3-9-19-56)66-23-12-35-86(66)44-54-27-32-77-59(39-54)57-28-37-87(68(57)71(92)83-74-79-61(48-94-74)64-21-11-34-85(64)42-51-16-6-2-7-17-51)45-53-26-31-76-58(38-53)55-40-67(88(46-55)43-52-24-29-75-30-25-52)70(91)82-72-78-60(47-93-72)63-20-10-33-84(63)41-50-14-4-1-5-15-50/h1-9,12,14-19,23-32,35,37-40,46-49,63-65H,10-11,13,20-22,33-34,36,41-45H2,(H,78,82,91)(H,79,83,92)(H,80,81,90)/t63-,64+,65+/m1/s1. The van der Waals surface area contributed by atoms with Crippen molar-refractivity contribution in [1.29, 1.82) is 0 Å². The first-order valence-corrected chi connectivity index (χ1v) is 34.9. The molecule has 0 spiro atoms. The topological polar surface area (TPSA) is 189 Å². The van der Waals surface area contributed by atoms with Gasteiger partial charge in [0, 0.05) is 116 Å². The Morgan fingerprint density at radius 1 is 0.442 bits per heavy atom. The third kappa shape index (κ3) is 13.8. The van der Waals surface area contributed by atoms with Crippen LogP contribution in [0.3, 0.4) is 0 Å². The van der Waals surface area contributed by atoms with Gasteiger partial charge in [-0.2, -0.15) is 0 Å². The Hall–Kier alpha value is -10.0. The van der Waals surface area contributed by atoms with Crippen LogP contribution in [0.1, 0.15) is 133 Å². The molecule has 0 saturated carbocycles. The number of anilines is 4. The number of thiazole rings is 3. The van der Waals surface area contributed by atoms with Gasteiger partial charge in [0.25, 0.3) is 17.7 Å². The van der Waals surface area contributed by atoms with Crippen LogP contribution in [0.15, 0.2) is 211 Å². The zero-order chi connectivity index (χ0) is 64.0. The van der Waals surface area contributed by atoms with E-state index in [0.29, 0.717) is 69.1 Å². The van der Waals surface area contributed by atoms with Crippen LogP contribution in [-0.2, 0) is 32.7 Å². The maximum Gasteiger partial charge on any atom is 0.274 e. The highest BCUT2D eigenvalue weighted by Gasteiger charge is 2.32. The summed E-state index contributed by atoms with van der Waals surface area (Å²) in [5.41, 5.74) is 13.3. The molecule has 95 heavy (non-hydrogen) atoms. The van der Waals surface area contributed by atoms with Crippen molar-refractivity contribution >= 4 is 72.8 Å². The van der Waals surface area contributed by atoms with E-state index >= 15 is 4.79 Å². The Morgan fingerprint density at radius 3 is 1.58 bits per heavy atom. The minimum absolute atomic E-state index is 0.132. The molecular formula is C74H69N15O3S3. The van der Waals surface area contributed by atoms with Crippen molar-refractivity contribution in [2.75, 3.05) is 40.5 Å². The number of likely N-dealkylation sites (tertiary alicyclic amines) is 2. The molecule has 3 N–H and O–H groups in total. The van der Waals surface area contributed by atoms with Gasteiger partial charge in [0.15, 0.2) is 15.4 Å². The minimum atomic E-state index is -0.334. The number of nitrogens with one attached hydrogen (secondary N) is 3. The summed E-state index contributed by atoms with van der Waals surface area (Å²) in [5, 5.41) is 17.2. The van der Waals surface area contributed by atoms with Crippen LogP contribution in [0, 0.1) is 0 Å². The summed E-state index contributed by atoms with van der Waals surface area (Å²) in [6, 6.07) is 51.2. The molecule has 0 radical (unpaired) electrons. The van der Waals surface area contributed by atoms with E-state index in [1.807, 2.05) is 111 Å². The molecule has 18 nitrogen and oxygen atoms in total. The van der Waals surface area contributed by atoms with E-state index < -0.39 is 0 Å². The second-order valence-electron chi connectivity index (χ2n) is 24.4. The fraction of sp³-hybridized carbons (Fsp3) is 0.230. The lowest BCUT2D eigenvalue weighted by atomic mass is 10.1. The molecule has 3 fully saturated rings. The number of hydrogen-bond acceptors (Lipinski definition) is 15. The number of rotatable bonds is 22. The predicted molar refractivity (Wildman–Crippen MR) is 375 cm³/mol. The SMILES string of the molecule is O=C(Nc1nc([C@H]2CCCN2Cc2ccccc2)cs1)c1cc(-c2cc(Cn3ccc(-c4cc(Cn5cccc5C(=O)Nc5nc([C@@H]6CCCN6c6ccccc6)cs5)ccn4)c3C(=O)Nc3nc([C@@H]4CCCN4Cc4ccccc4)cs3)ccn2)cn1Cc1ccncc1. The predicted octanol–water partition coefficient (Wildman–Crippen LogP) is 14.9. The number of nitrogens with zero attached hydrogens (tertiary/aromatic N) is 12. The summed E-state index contributed by atoms with van der Waals surface area (Å²) in [4.78, 5) is 80.1. The van der Waals surface area contributed by atoms with Gasteiger partial charge >= 0.3 is 0 Å². The number of amides is 3. The van der Waals surface area contributed by atoms with Crippen LogP contribution < -0.4 is 20.9 Å². The third-order valence-electron chi connectivity index (χ3n) is 18.2. The van der Waals surface area contributed by atoms with Gasteiger partial charge in [-0.3, -0.25) is 55.1 Å². The summed E-state index contributed by atoms with van der Waals surface area (Å²) in [5.74, 6) is -0.869. The number of carbonyl (C=O) groups is 3. The lowest BCUT2D eigenvalue weighted by Gasteiger charge is -2.25. The molecule has 15 rings (SSSR count). The second kappa shape index (κ2) is 27.9. The van der Waals surface area contributed by atoms with Gasteiger partial charge in [-0.15, -0.1) is 34.0 Å². The number of benzene rings is 3. The first-order valence-electron chi connectivity index (χ1n) is 32.3. The average Bonchev–Trinajstić information content (AvgIpc) is 1.79. The van der Waals surface area contributed by atoms with E-state index in [1.54, 1.807) is 24.8 Å². The van der Waals surface area contributed by atoms with E-state index in [2.05, 4.69) is 125 Å². The molecular weight excluding hydrogens is 1240 g/mol. The summed E-state index contributed by atoms with van der Waals surface area (Å²) < 4.78 is 5.80. The van der Waals surface area contributed by atoms with Crippen molar-refractivity contribution in [2.24, 2.45) is 0 Å². The highest BCUT2D eigenvalue weighted by Crippen LogP contribution is 2.40. The zero-order valence-electron chi connectivity index (χ0n) is 52.2. The molecule has 476 valence electrons. The Labute approximate surface area is 562 Å². The summed E-state index contributed by atoms with van der Waals surface area (Å²) in [6.45, 7) is 5.67. The Balaban J connectivity index is 0.692. The molecule has 12 aromatic rings. The number of hydrogen-bond donors (Lipinski definition) is 3. The minimum Gasteiger partial charge on any atom is -0.363 e. The lowest BCUT2D eigenvalue weighted by Crippen LogP contribution is -2.23. The molecule has 3 aliphatic heterocycles. The van der Waals surface area contributed by atoms with Crippen LogP contribution in [0.2, 0.25) is 0 Å². The van der Waals surface area contributed by atoms with E-state index in [9.17, 15) is 9.59 Å². The van der Waals surface area contributed by atoms with Gasteiger partial charge in [0.1, 0.15) is 17.1 Å². The van der Waals surface area contributed by atoms with Crippen molar-refractivity contribution in [1.82, 2.24) is 53.4 Å². The Kier molecular flexibility index (Phi) is 18.0. The molecule has 3 amide bonds. The van der Waals surface area contributed by atoms with Gasteiger partial charge in [-0.1, -0.05) is 78.9 Å². The summed E-state index contributed by atoms with van der Waals surface area (Å²) in [6.07, 6.45) is 19.0. The second-order valence-corrected chi connectivity index (χ2v) is 27.0. The number of para-hydroxylation sites is 1. The van der Waals surface area contributed by atoms with Crippen LogP contribution in [0.5, 0.6) is 0 Å². The van der Waals surface area contributed by atoms with Crippen molar-refractivity contribution in [3.8, 4) is 22.5 Å². The van der Waals surface area contributed by atoms with E-state index in [1.165, 1.54) is 50.8 Å². The van der Waals surface area contributed by atoms with Crippen molar-refractivity contribution in [2.45, 2.75) is 89.4 Å². The van der Waals surface area contributed by atoms with Gasteiger partial charge in [0.2, 0.25) is 0 Å². The fourth-order valence-electron chi connectivity index (χ4n) is 13.6. The van der Waals surface area contributed by atoms with Crippen LogP contribution in [-0.4, -0.2) is 90.8 Å². The number of aromatic nitrogens is 9. The molecule has 21 heteroatoms. The van der Waals surface area contributed by atoms with Gasteiger partial charge < -0.3 is 18.6 Å². The Morgan fingerprint density at radius 2 is 0.947 bits per heavy atom. The quantitative estimate of drug-likeness (QED) is 0.0583. The molecule has 12 heterocycles. The normalized spacial score (nSPS) is 16.6. The average molecular weight is 1310 g/mol. The first kappa shape index (κ1) is 61.2. The third-order valence-corrected chi connectivity index (χ3v) is 20.5. The molecule has 0 aliphatic carbocycles. The van der Waals surface area contributed by atoms with E-state index in [0.717, 1.165) is 111 Å². The lowest BCUT2D eigenvalue weighted by molar-refractivity contribution is 0.101. The highest BCUT2D eigenvalue weighted by molar-refractivity contribution is 7.14. The largest absolute Gasteiger partial charge is 0.363 e. The summed E-state index contributed by atoms with van der Waals surface area (Å²) >= 11 is 4.31. The van der Waals surface area contributed by atoms with Crippen molar-refractivity contribution in [3.63, 3.8) is 0 Å². The van der Waals surface area contributed by atoms with Crippen molar-refractivity contribution in [3.05, 3.63) is 273 Å². The summed E-state index contributed by atoms with van der Waals surface area (Å²) in [7, 11) is 0. The molecule has 0 bridgehead atoms. The molecule has 3 aromatic carbocycles. The zero-order valence-corrected chi connectivity index (χ0v) is 54.6. The van der Waals surface area contributed by atoms with Gasteiger partial charge in [0.05, 0.1) is 46.6 Å². The number of carbonyl (C=O) groups excluding carboxylic acids is 3. The Bertz CT molecular complexity index is 4640. The molecule has 3 atom stereocenters. The van der Waals surface area contributed by atoms with Crippen LogP contribution in [0.4, 0.5) is 21.1 Å². The molecule has 3 aliphatic rings. The van der Waals surface area contributed by atoms with Crippen LogP contribution >= 0.6 is 34.0 Å². The van der Waals surface area contributed by atoms with Crippen molar-refractivity contribution < 1.29 is 14.4 Å².